The van der Waals surface area contributed by atoms with Crippen LogP contribution in [-0.2, 0) is 4.79 Å². The van der Waals surface area contributed by atoms with E-state index in [1.807, 2.05) is 36.4 Å². The third-order valence-electron chi connectivity index (χ3n) is 6.38. The fourth-order valence-electron chi connectivity index (χ4n) is 5.13. The third kappa shape index (κ3) is 2.16. The van der Waals surface area contributed by atoms with Crippen LogP contribution in [0.2, 0.25) is 0 Å². The number of urea groups is 1. The molecular weight excluding hydrogens is 384 g/mol. The highest BCUT2D eigenvalue weighted by molar-refractivity contribution is 6.25. The second-order valence-electron chi connectivity index (χ2n) is 8.04. The lowest BCUT2D eigenvalue weighted by molar-refractivity contribution is -0.121. The molecule has 2 aromatic carbocycles. The van der Waals surface area contributed by atoms with Crippen LogP contribution in [0.1, 0.15) is 22.7 Å². The minimum atomic E-state index is -0.660. The second-order valence-corrected chi connectivity index (χ2v) is 8.04. The van der Waals surface area contributed by atoms with Gasteiger partial charge in [-0.25, -0.2) is 9.69 Å². The number of nitrogens with zero attached hydrogens (tertiary/aromatic N) is 4. The summed E-state index contributed by atoms with van der Waals surface area (Å²) in [6.45, 7) is 2.12. The Hall–Kier alpha value is -3.68. The Labute approximate surface area is 171 Å². The molecule has 3 aliphatic heterocycles. The molecule has 1 unspecified atom stereocenters. The van der Waals surface area contributed by atoms with Gasteiger partial charge < -0.3 is 14.3 Å². The molecule has 0 radical (unpaired) electrons. The van der Waals surface area contributed by atoms with Gasteiger partial charge in [0.2, 0.25) is 0 Å². The van der Waals surface area contributed by atoms with Crippen molar-refractivity contribution in [2.75, 3.05) is 11.4 Å². The van der Waals surface area contributed by atoms with Gasteiger partial charge in [0, 0.05) is 18.0 Å². The van der Waals surface area contributed by atoms with Crippen molar-refractivity contribution >= 4 is 34.3 Å². The number of benzene rings is 2. The number of piperazine rings is 1. The summed E-state index contributed by atoms with van der Waals surface area (Å²) in [6, 6.07) is 13.4. The zero-order valence-corrected chi connectivity index (χ0v) is 16.2. The number of carbonyl (C=O) groups is 3. The molecule has 0 N–H and O–H groups in total. The monoisotopic (exact) mass is 402 g/mol. The lowest BCUT2D eigenvalue weighted by Gasteiger charge is -2.34. The summed E-state index contributed by atoms with van der Waals surface area (Å²) in [5.41, 5.74) is 0.816. The van der Waals surface area contributed by atoms with Gasteiger partial charge in [0.1, 0.15) is 11.8 Å². The van der Waals surface area contributed by atoms with Crippen LogP contribution in [0.25, 0.3) is 10.8 Å². The topological polar surface area (TPSA) is 87.0 Å². The molecule has 3 aliphatic rings. The SMILES string of the molecule is Cc1cc(C(=O)N2C[C@H]3CC2[C@@H]2C(=O)N(c4cccc5ccccc45)C(=O)N32)no1. The molecule has 2 bridgehead atoms. The molecule has 6 rings (SSSR count). The highest BCUT2D eigenvalue weighted by Crippen LogP contribution is 2.43. The van der Waals surface area contributed by atoms with Gasteiger partial charge in [-0.2, -0.15) is 0 Å². The molecule has 150 valence electrons. The Balaban J connectivity index is 1.36. The second kappa shape index (κ2) is 5.91. The van der Waals surface area contributed by atoms with Gasteiger partial charge >= 0.3 is 6.03 Å². The quantitative estimate of drug-likeness (QED) is 0.615. The zero-order valence-electron chi connectivity index (χ0n) is 16.2. The van der Waals surface area contributed by atoms with E-state index in [0.29, 0.717) is 24.4 Å². The first-order valence-corrected chi connectivity index (χ1v) is 9.93. The number of fused-ring (bicyclic) bond motifs is 6. The number of imide groups is 1. The van der Waals surface area contributed by atoms with Gasteiger partial charge in [-0.1, -0.05) is 41.6 Å². The summed E-state index contributed by atoms with van der Waals surface area (Å²) in [6.07, 6.45) is 0.605. The molecule has 1 aromatic heterocycles. The molecule has 30 heavy (non-hydrogen) atoms. The van der Waals surface area contributed by atoms with Crippen LogP contribution in [0, 0.1) is 6.92 Å². The third-order valence-corrected chi connectivity index (χ3v) is 6.38. The van der Waals surface area contributed by atoms with Crippen molar-refractivity contribution in [1.29, 1.82) is 0 Å². The number of hydrogen-bond acceptors (Lipinski definition) is 5. The van der Waals surface area contributed by atoms with Crippen LogP contribution in [0.3, 0.4) is 0 Å². The predicted octanol–water partition coefficient (Wildman–Crippen LogP) is 2.57. The van der Waals surface area contributed by atoms with Crippen LogP contribution < -0.4 is 4.90 Å². The highest BCUT2D eigenvalue weighted by atomic mass is 16.5. The number of rotatable bonds is 2. The van der Waals surface area contributed by atoms with Gasteiger partial charge in [-0.3, -0.25) is 9.59 Å². The van der Waals surface area contributed by atoms with Crippen molar-refractivity contribution in [3.8, 4) is 0 Å². The smallest absolute Gasteiger partial charge is 0.332 e. The van der Waals surface area contributed by atoms with Crippen LogP contribution in [0.5, 0.6) is 0 Å². The summed E-state index contributed by atoms with van der Waals surface area (Å²) in [7, 11) is 0. The lowest BCUT2D eigenvalue weighted by atomic mass is 10.1. The summed E-state index contributed by atoms with van der Waals surface area (Å²) in [5, 5.41) is 5.63. The summed E-state index contributed by atoms with van der Waals surface area (Å²) in [5.74, 6) is 0.0131. The Morgan fingerprint density at radius 2 is 1.93 bits per heavy atom. The molecule has 0 aliphatic carbocycles. The Bertz CT molecular complexity index is 1230. The summed E-state index contributed by atoms with van der Waals surface area (Å²) < 4.78 is 5.03. The molecule has 3 aromatic rings. The van der Waals surface area contributed by atoms with E-state index >= 15 is 0 Å². The first-order valence-electron chi connectivity index (χ1n) is 9.93. The Kier molecular flexibility index (Phi) is 3.39. The predicted molar refractivity (Wildman–Crippen MR) is 107 cm³/mol. The first-order chi connectivity index (χ1) is 14.5. The maximum absolute atomic E-state index is 13.4. The minimum absolute atomic E-state index is 0.173. The van der Waals surface area contributed by atoms with Crippen molar-refractivity contribution in [2.24, 2.45) is 0 Å². The average molecular weight is 402 g/mol. The van der Waals surface area contributed by atoms with Crippen LogP contribution in [-0.4, -0.2) is 57.5 Å². The molecule has 3 fully saturated rings. The van der Waals surface area contributed by atoms with E-state index in [-0.39, 0.29) is 35.6 Å². The molecule has 8 nitrogen and oxygen atoms in total. The number of hydrogen-bond donors (Lipinski definition) is 0. The Morgan fingerprint density at radius 3 is 2.73 bits per heavy atom. The van der Waals surface area contributed by atoms with E-state index < -0.39 is 6.04 Å². The number of amides is 4. The van der Waals surface area contributed by atoms with E-state index in [1.54, 1.807) is 28.9 Å². The highest BCUT2D eigenvalue weighted by Gasteiger charge is 2.63. The van der Waals surface area contributed by atoms with E-state index in [1.165, 1.54) is 4.90 Å². The number of anilines is 1. The zero-order chi connectivity index (χ0) is 20.6. The van der Waals surface area contributed by atoms with Crippen LogP contribution >= 0.6 is 0 Å². The average Bonchev–Trinajstić information content (AvgIpc) is 3.51. The summed E-state index contributed by atoms with van der Waals surface area (Å²) in [4.78, 5) is 44.2. The number of carbonyl (C=O) groups excluding carboxylic acids is 3. The molecule has 4 heterocycles. The number of aryl methyl sites for hydroxylation is 1. The fourth-order valence-corrected chi connectivity index (χ4v) is 5.13. The molecule has 3 atom stereocenters. The lowest BCUT2D eigenvalue weighted by Crippen LogP contribution is -2.54. The standard InChI is InChI=1S/C22H18N4O4/c1-12-9-16(23-30-12)20(27)24-11-14-10-18(24)19-21(28)26(22(29)25(14)19)17-8-4-6-13-5-2-3-7-15(13)17/h2-9,14,18-19H,10-11H2,1H3/t14-,18?,19-/m1/s1. The van der Waals surface area contributed by atoms with Gasteiger partial charge in [0.05, 0.1) is 17.8 Å². The van der Waals surface area contributed by atoms with Crippen molar-refractivity contribution in [2.45, 2.75) is 31.5 Å². The van der Waals surface area contributed by atoms with Crippen molar-refractivity contribution in [3.05, 3.63) is 60.0 Å². The number of aromatic nitrogens is 1. The minimum Gasteiger partial charge on any atom is -0.361 e. The van der Waals surface area contributed by atoms with Crippen LogP contribution in [0.4, 0.5) is 10.5 Å². The van der Waals surface area contributed by atoms with Crippen LogP contribution in [0.15, 0.2) is 53.1 Å². The van der Waals surface area contributed by atoms with Crippen molar-refractivity contribution < 1.29 is 18.9 Å². The van der Waals surface area contributed by atoms with E-state index in [4.69, 9.17) is 4.52 Å². The van der Waals surface area contributed by atoms with Gasteiger partial charge in [-0.05, 0) is 24.8 Å². The van der Waals surface area contributed by atoms with E-state index in [2.05, 4.69) is 5.16 Å². The van der Waals surface area contributed by atoms with Gasteiger partial charge in [0.15, 0.2) is 5.69 Å². The van der Waals surface area contributed by atoms with Gasteiger partial charge in [-0.15, -0.1) is 0 Å². The largest absolute Gasteiger partial charge is 0.361 e. The maximum Gasteiger partial charge on any atom is 0.332 e. The van der Waals surface area contributed by atoms with Crippen molar-refractivity contribution in [1.82, 2.24) is 15.0 Å². The van der Waals surface area contributed by atoms with Gasteiger partial charge in [0.25, 0.3) is 11.8 Å². The molecule has 4 amide bonds. The normalized spacial score (nSPS) is 25.0. The first kappa shape index (κ1) is 17.2. The number of likely N-dealkylation sites (tertiary alicyclic amines) is 1. The molecular formula is C22H18N4O4. The molecule has 3 saturated heterocycles. The van der Waals surface area contributed by atoms with E-state index in [0.717, 1.165) is 10.8 Å². The molecule has 8 heteroatoms. The van der Waals surface area contributed by atoms with Crippen molar-refractivity contribution in [3.63, 3.8) is 0 Å². The molecule has 0 spiro atoms. The maximum atomic E-state index is 13.4. The Morgan fingerprint density at radius 1 is 1.13 bits per heavy atom. The molecule has 0 saturated carbocycles. The summed E-state index contributed by atoms with van der Waals surface area (Å²) >= 11 is 0. The van der Waals surface area contributed by atoms with E-state index in [9.17, 15) is 14.4 Å². The fraction of sp³-hybridized carbons (Fsp3) is 0.273.